The average molecular weight is 321 g/mol. The minimum Gasteiger partial charge on any atom is -0.258 e. The molecule has 0 bridgehead atoms. The van der Waals surface area contributed by atoms with E-state index < -0.39 is 9.85 Å². The molecule has 0 spiro atoms. The Kier molecular flexibility index (Phi) is 3.98. The third-order valence-corrected chi connectivity index (χ3v) is 3.53. The fourth-order valence-corrected chi connectivity index (χ4v) is 2.37. The molecule has 0 atom stereocenters. The van der Waals surface area contributed by atoms with Crippen LogP contribution in [-0.4, -0.2) is 16.1 Å². The Morgan fingerprint density at radius 2 is 1.62 bits per heavy atom. The summed E-state index contributed by atoms with van der Waals surface area (Å²) in [4.78, 5) is 24.9. The molecule has 0 aliphatic heterocycles. The molecule has 7 heteroatoms. The lowest BCUT2D eigenvalue weighted by molar-refractivity contribution is -0.394. The predicted octanol–water partition coefficient (Wildman–Crippen LogP) is 4.41. The second-order valence-electron chi connectivity index (χ2n) is 5.01. The summed E-state index contributed by atoms with van der Waals surface area (Å²) in [6.45, 7) is 0. The van der Waals surface area contributed by atoms with E-state index in [0.29, 0.717) is 5.69 Å². The van der Waals surface area contributed by atoms with Crippen LogP contribution in [0.2, 0.25) is 0 Å². The van der Waals surface area contributed by atoms with Crippen LogP contribution in [0.4, 0.5) is 17.1 Å². The summed E-state index contributed by atoms with van der Waals surface area (Å²) < 4.78 is 0. The van der Waals surface area contributed by atoms with Gasteiger partial charge in [-0.2, -0.15) is 0 Å². The first-order valence-electron chi connectivity index (χ1n) is 7.01. The Morgan fingerprint density at radius 3 is 2.38 bits per heavy atom. The van der Waals surface area contributed by atoms with Gasteiger partial charge >= 0.3 is 0 Å². The highest BCUT2D eigenvalue weighted by Crippen LogP contribution is 2.27. The van der Waals surface area contributed by atoms with Crippen molar-refractivity contribution in [2.45, 2.75) is 0 Å². The van der Waals surface area contributed by atoms with Crippen LogP contribution in [0.1, 0.15) is 5.56 Å². The van der Waals surface area contributed by atoms with E-state index in [1.165, 1.54) is 18.3 Å². The molecule has 0 saturated heterocycles. The largest absolute Gasteiger partial charge is 0.285 e. The van der Waals surface area contributed by atoms with E-state index >= 15 is 0 Å². The van der Waals surface area contributed by atoms with E-state index in [1.807, 2.05) is 36.4 Å². The molecule has 0 heterocycles. The van der Waals surface area contributed by atoms with Crippen LogP contribution in [0, 0.1) is 20.2 Å². The Hall–Kier alpha value is -3.61. The first-order valence-corrected chi connectivity index (χ1v) is 7.01. The van der Waals surface area contributed by atoms with Gasteiger partial charge in [-0.3, -0.25) is 25.2 Å². The summed E-state index contributed by atoms with van der Waals surface area (Å²) in [5.41, 5.74) is 0.191. The van der Waals surface area contributed by atoms with Gasteiger partial charge in [0.15, 0.2) is 0 Å². The third-order valence-electron chi connectivity index (χ3n) is 3.53. The molecule has 3 aromatic rings. The minimum atomic E-state index is -0.668. The molecule has 3 aromatic carbocycles. The number of fused-ring (bicyclic) bond motifs is 1. The number of non-ortho nitro benzene ring substituents is 1. The van der Waals surface area contributed by atoms with Gasteiger partial charge < -0.3 is 0 Å². The molecule has 0 aliphatic rings. The maximum atomic E-state index is 11.1. The summed E-state index contributed by atoms with van der Waals surface area (Å²) in [7, 11) is 0. The predicted molar refractivity (Wildman–Crippen MR) is 91.0 cm³/mol. The van der Waals surface area contributed by atoms with Gasteiger partial charge in [-0.05, 0) is 17.5 Å². The molecule has 0 N–H and O–H groups in total. The first-order chi connectivity index (χ1) is 11.6. The van der Waals surface area contributed by atoms with Gasteiger partial charge in [0.1, 0.15) is 0 Å². The van der Waals surface area contributed by atoms with E-state index in [2.05, 4.69) is 4.99 Å². The van der Waals surface area contributed by atoms with Gasteiger partial charge in [-0.1, -0.05) is 36.4 Å². The van der Waals surface area contributed by atoms with E-state index in [1.54, 1.807) is 6.07 Å². The summed E-state index contributed by atoms with van der Waals surface area (Å²) in [6, 6.07) is 16.7. The van der Waals surface area contributed by atoms with Crippen molar-refractivity contribution < 1.29 is 9.85 Å². The monoisotopic (exact) mass is 321 g/mol. The Morgan fingerprint density at radius 1 is 0.875 bits per heavy atom. The lowest BCUT2D eigenvalue weighted by atomic mass is 10.1. The summed E-state index contributed by atoms with van der Waals surface area (Å²) in [6.07, 6.45) is 1.35. The van der Waals surface area contributed by atoms with Crippen LogP contribution in [0.3, 0.4) is 0 Å². The standard InChI is InChI=1S/C17H11N3O4/c21-19(22)14-9-8-13(17(10-14)20(23)24)11-18-16-7-3-5-12-4-1-2-6-15(12)16/h1-11H. The molecule has 3 rings (SSSR count). The maximum absolute atomic E-state index is 11.1. The summed E-state index contributed by atoms with van der Waals surface area (Å²) in [5.74, 6) is 0. The highest BCUT2D eigenvalue weighted by atomic mass is 16.6. The quantitative estimate of drug-likeness (QED) is 0.404. The van der Waals surface area contributed by atoms with E-state index in [-0.39, 0.29) is 16.9 Å². The van der Waals surface area contributed by atoms with Crippen LogP contribution < -0.4 is 0 Å². The SMILES string of the molecule is O=[N+]([O-])c1ccc(C=Nc2cccc3ccccc23)c([N+](=O)[O-])c1. The van der Waals surface area contributed by atoms with Crippen LogP contribution >= 0.6 is 0 Å². The molecule has 118 valence electrons. The third kappa shape index (κ3) is 2.95. The van der Waals surface area contributed by atoms with Crippen molar-refractivity contribution in [3.8, 4) is 0 Å². The zero-order valence-corrected chi connectivity index (χ0v) is 12.3. The topological polar surface area (TPSA) is 98.6 Å². The number of hydrogen-bond donors (Lipinski definition) is 0. The van der Waals surface area contributed by atoms with Crippen molar-refractivity contribution in [1.29, 1.82) is 0 Å². The maximum Gasteiger partial charge on any atom is 0.285 e. The van der Waals surface area contributed by atoms with Gasteiger partial charge in [-0.25, -0.2) is 0 Å². The van der Waals surface area contributed by atoms with Crippen molar-refractivity contribution in [2.75, 3.05) is 0 Å². The molecule has 0 saturated carbocycles. The van der Waals surface area contributed by atoms with Crippen molar-refractivity contribution >= 4 is 34.0 Å². The number of hydrogen-bond acceptors (Lipinski definition) is 5. The molecular formula is C17H11N3O4. The number of aliphatic imine (C=N–C) groups is 1. The second-order valence-corrected chi connectivity index (χ2v) is 5.01. The lowest BCUT2D eigenvalue weighted by Crippen LogP contribution is -1.97. The minimum absolute atomic E-state index is 0.207. The highest BCUT2D eigenvalue weighted by Gasteiger charge is 2.18. The number of benzene rings is 3. The molecule has 0 radical (unpaired) electrons. The molecule has 0 aromatic heterocycles. The molecule has 0 fully saturated rings. The zero-order valence-electron chi connectivity index (χ0n) is 12.3. The fraction of sp³-hybridized carbons (Fsp3) is 0. The van der Waals surface area contributed by atoms with Crippen LogP contribution in [0.25, 0.3) is 10.8 Å². The van der Waals surface area contributed by atoms with E-state index in [9.17, 15) is 20.2 Å². The van der Waals surface area contributed by atoms with E-state index in [0.717, 1.165) is 16.8 Å². The molecule has 0 unspecified atom stereocenters. The van der Waals surface area contributed by atoms with Gasteiger partial charge in [-0.15, -0.1) is 0 Å². The lowest BCUT2D eigenvalue weighted by Gasteiger charge is -2.01. The van der Waals surface area contributed by atoms with E-state index in [4.69, 9.17) is 0 Å². The number of rotatable bonds is 4. The first kappa shape index (κ1) is 15.3. The van der Waals surface area contributed by atoms with Gasteiger partial charge in [0.25, 0.3) is 11.4 Å². The molecule has 24 heavy (non-hydrogen) atoms. The smallest absolute Gasteiger partial charge is 0.258 e. The average Bonchev–Trinajstić information content (AvgIpc) is 2.59. The van der Waals surface area contributed by atoms with Crippen molar-refractivity contribution in [3.05, 3.63) is 86.5 Å². The molecule has 0 amide bonds. The molecule has 0 aliphatic carbocycles. The van der Waals surface area contributed by atoms with Crippen molar-refractivity contribution in [1.82, 2.24) is 0 Å². The van der Waals surface area contributed by atoms with Gasteiger partial charge in [0, 0.05) is 17.7 Å². The normalized spacial score (nSPS) is 11.0. The number of nitro groups is 2. The van der Waals surface area contributed by atoms with Gasteiger partial charge in [0.05, 0.1) is 27.2 Å². The molecule has 7 nitrogen and oxygen atoms in total. The molecular weight excluding hydrogens is 310 g/mol. The Balaban J connectivity index is 2.05. The Labute approximate surface area is 136 Å². The van der Waals surface area contributed by atoms with Crippen molar-refractivity contribution in [2.24, 2.45) is 4.99 Å². The van der Waals surface area contributed by atoms with Gasteiger partial charge in [0.2, 0.25) is 0 Å². The van der Waals surface area contributed by atoms with Crippen LogP contribution in [-0.2, 0) is 0 Å². The fourth-order valence-electron chi connectivity index (χ4n) is 2.37. The second kappa shape index (κ2) is 6.25. The zero-order chi connectivity index (χ0) is 17.1. The Bertz CT molecular complexity index is 977. The summed E-state index contributed by atoms with van der Waals surface area (Å²) >= 11 is 0. The van der Waals surface area contributed by atoms with Crippen LogP contribution in [0.15, 0.2) is 65.7 Å². The van der Waals surface area contributed by atoms with Crippen LogP contribution in [0.5, 0.6) is 0 Å². The summed E-state index contributed by atoms with van der Waals surface area (Å²) in [5, 5.41) is 23.8. The number of nitrogens with zero attached hydrogens (tertiary/aromatic N) is 3. The number of nitro benzene ring substituents is 2. The highest BCUT2D eigenvalue weighted by molar-refractivity contribution is 5.96. The van der Waals surface area contributed by atoms with Crippen molar-refractivity contribution in [3.63, 3.8) is 0 Å².